The van der Waals surface area contributed by atoms with Gasteiger partial charge >= 0.3 is 0 Å². The van der Waals surface area contributed by atoms with E-state index < -0.39 is 0 Å². The molecule has 0 fully saturated rings. The van der Waals surface area contributed by atoms with Gasteiger partial charge in [0.2, 0.25) is 0 Å². The Hall–Kier alpha value is -0.440. The molecule has 0 aliphatic heterocycles. The molecule has 0 amide bonds. The third-order valence-electron chi connectivity index (χ3n) is 1.08. The lowest BCUT2D eigenvalue weighted by molar-refractivity contribution is 0.798. The van der Waals surface area contributed by atoms with Crippen LogP contribution in [-0.2, 0) is 0 Å². The third kappa shape index (κ3) is 7.56. The Balaban J connectivity index is 2.90. The third-order valence-corrected chi connectivity index (χ3v) is 1.08. The fourth-order valence-corrected chi connectivity index (χ4v) is 0.553. The maximum atomic E-state index is 3.00. The predicted octanol–water partition coefficient (Wildman–Crippen LogP) is 2.79. The molecular weight excluding hydrogens is 108 g/mol. The van der Waals surface area contributed by atoms with E-state index in [1.807, 2.05) is 0 Å². The van der Waals surface area contributed by atoms with E-state index in [1.165, 1.54) is 12.8 Å². The zero-order valence-corrected chi connectivity index (χ0v) is 6.41. The molecule has 0 rings (SSSR count). The average molecular weight is 123 g/mol. The minimum atomic E-state index is 0.975. The average Bonchev–Trinajstić information content (AvgIpc) is 1.89. The summed E-state index contributed by atoms with van der Waals surface area (Å²) in [6, 6.07) is 0. The van der Waals surface area contributed by atoms with Gasteiger partial charge in [0.1, 0.15) is 0 Å². The maximum absolute atomic E-state index is 3.00. The van der Waals surface area contributed by atoms with Crippen molar-refractivity contribution < 1.29 is 0 Å². The van der Waals surface area contributed by atoms with Crippen LogP contribution in [0.1, 0.15) is 39.5 Å². The minimum Gasteiger partial charge on any atom is -0.103 e. The van der Waals surface area contributed by atoms with Gasteiger partial charge in [-0.2, -0.15) is 0 Å². The zero-order valence-electron chi connectivity index (χ0n) is 6.41. The summed E-state index contributed by atoms with van der Waals surface area (Å²) in [6.07, 6.45) is 6.74. The first kappa shape index (κ1) is 8.56. The highest BCUT2D eigenvalue weighted by atomic mass is 13.8. The Bertz CT molecular complexity index is 92.3. The van der Waals surface area contributed by atoms with Gasteiger partial charge in [-0.3, -0.25) is 0 Å². The Labute approximate surface area is 58.7 Å². The van der Waals surface area contributed by atoms with E-state index in [0.717, 1.165) is 12.8 Å². The van der Waals surface area contributed by atoms with Crippen molar-refractivity contribution in [2.45, 2.75) is 39.5 Å². The molecule has 9 heavy (non-hydrogen) atoms. The molecule has 0 bridgehead atoms. The first-order valence-corrected chi connectivity index (χ1v) is 3.71. The van der Waals surface area contributed by atoms with Crippen molar-refractivity contribution in [3.8, 4) is 11.8 Å². The molecule has 0 aromatic carbocycles. The standard InChI is InChI=1S/C9H15/c1-3-5-7-9-8-6-4-2/h9H,3-5,7H2,1-2H3. The van der Waals surface area contributed by atoms with Crippen LogP contribution < -0.4 is 0 Å². The second-order valence-electron chi connectivity index (χ2n) is 2.02. The Morgan fingerprint density at radius 1 is 1.33 bits per heavy atom. The normalized spacial score (nSPS) is 8.22. The number of rotatable bonds is 3. The van der Waals surface area contributed by atoms with Gasteiger partial charge in [-0.15, -0.1) is 5.92 Å². The molecule has 0 spiro atoms. The highest BCUT2D eigenvalue weighted by molar-refractivity contribution is 5.08. The van der Waals surface area contributed by atoms with Crippen LogP contribution in [-0.4, -0.2) is 0 Å². The highest BCUT2D eigenvalue weighted by Gasteiger charge is 1.79. The lowest BCUT2D eigenvalue weighted by Gasteiger charge is -1.86. The molecule has 0 heteroatoms. The monoisotopic (exact) mass is 123 g/mol. The lowest BCUT2D eigenvalue weighted by Crippen LogP contribution is -1.71. The first-order valence-electron chi connectivity index (χ1n) is 3.71. The molecule has 0 unspecified atom stereocenters. The summed E-state index contributed by atoms with van der Waals surface area (Å²) in [5, 5.41) is 0. The molecule has 0 aliphatic carbocycles. The highest BCUT2D eigenvalue weighted by Crippen LogP contribution is 1.95. The van der Waals surface area contributed by atoms with Gasteiger partial charge in [-0.05, 0) is 6.42 Å². The van der Waals surface area contributed by atoms with Gasteiger partial charge in [-0.1, -0.05) is 32.6 Å². The summed E-state index contributed by atoms with van der Waals surface area (Å²) in [4.78, 5) is 0. The van der Waals surface area contributed by atoms with Crippen molar-refractivity contribution in [2.75, 3.05) is 0 Å². The topological polar surface area (TPSA) is 0 Å². The Morgan fingerprint density at radius 2 is 2.11 bits per heavy atom. The summed E-state index contributed by atoms with van der Waals surface area (Å²) < 4.78 is 0. The molecule has 0 aromatic heterocycles. The Morgan fingerprint density at radius 3 is 2.67 bits per heavy atom. The summed E-state index contributed by atoms with van der Waals surface area (Å²) in [7, 11) is 0. The van der Waals surface area contributed by atoms with E-state index in [2.05, 4.69) is 32.1 Å². The van der Waals surface area contributed by atoms with Crippen LogP contribution in [0.25, 0.3) is 0 Å². The van der Waals surface area contributed by atoms with Gasteiger partial charge < -0.3 is 0 Å². The minimum absolute atomic E-state index is 0.975. The lowest BCUT2D eigenvalue weighted by atomic mass is 10.2. The molecular formula is C9H15. The molecule has 0 atom stereocenters. The quantitative estimate of drug-likeness (QED) is 0.400. The molecule has 0 N–H and O–H groups in total. The maximum Gasteiger partial charge on any atom is 0.0340 e. The summed E-state index contributed by atoms with van der Waals surface area (Å²) in [5.74, 6) is 6.00. The number of unbranched alkanes of at least 4 members (excludes halogenated alkanes) is 3. The molecule has 0 aliphatic rings. The van der Waals surface area contributed by atoms with E-state index >= 15 is 0 Å². The van der Waals surface area contributed by atoms with E-state index in [9.17, 15) is 0 Å². The summed E-state index contributed by atoms with van der Waals surface area (Å²) >= 11 is 0. The molecule has 0 aromatic rings. The van der Waals surface area contributed by atoms with E-state index in [4.69, 9.17) is 0 Å². The van der Waals surface area contributed by atoms with Gasteiger partial charge in [0, 0.05) is 12.8 Å². The fraction of sp³-hybridized carbons (Fsp3) is 0.667. The van der Waals surface area contributed by atoms with Crippen molar-refractivity contribution in [3.63, 3.8) is 0 Å². The van der Waals surface area contributed by atoms with Gasteiger partial charge in [0.05, 0.1) is 0 Å². The second-order valence-corrected chi connectivity index (χ2v) is 2.02. The van der Waals surface area contributed by atoms with Crippen LogP contribution >= 0.6 is 0 Å². The first-order chi connectivity index (χ1) is 4.41. The smallest absolute Gasteiger partial charge is 0.0340 e. The van der Waals surface area contributed by atoms with Crippen LogP contribution in [0.3, 0.4) is 0 Å². The van der Waals surface area contributed by atoms with Gasteiger partial charge in [0.25, 0.3) is 0 Å². The zero-order chi connectivity index (χ0) is 6.95. The van der Waals surface area contributed by atoms with Crippen molar-refractivity contribution in [1.82, 2.24) is 0 Å². The van der Waals surface area contributed by atoms with E-state index in [-0.39, 0.29) is 0 Å². The van der Waals surface area contributed by atoms with E-state index in [1.54, 1.807) is 0 Å². The van der Waals surface area contributed by atoms with Crippen LogP contribution in [0.15, 0.2) is 0 Å². The van der Waals surface area contributed by atoms with E-state index in [0.29, 0.717) is 0 Å². The molecule has 0 saturated carbocycles. The van der Waals surface area contributed by atoms with Crippen molar-refractivity contribution in [2.24, 2.45) is 0 Å². The van der Waals surface area contributed by atoms with Crippen molar-refractivity contribution in [3.05, 3.63) is 6.42 Å². The summed E-state index contributed by atoms with van der Waals surface area (Å²) in [6.45, 7) is 4.27. The second kappa shape index (κ2) is 7.56. The van der Waals surface area contributed by atoms with Crippen LogP contribution in [0.5, 0.6) is 0 Å². The van der Waals surface area contributed by atoms with Crippen LogP contribution in [0.2, 0.25) is 0 Å². The van der Waals surface area contributed by atoms with Gasteiger partial charge in [0.15, 0.2) is 0 Å². The Kier molecular flexibility index (Phi) is 7.19. The molecule has 0 saturated heterocycles. The molecule has 0 heterocycles. The van der Waals surface area contributed by atoms with Crippen LogP contribution in [0.4, 0.5) is 0 Å². The van der Waals surface area contributed by atoms with Gasteiger partial charge in [-0.25, -0.2) is 0 Å². The van der Waals surface area contributed by atoms with Crippen molar-refractivity contribution in [1.29, 1.82) is 0 Å². The predicted molar refractivity (Wildman–Crippen MR) is 41.9 cm³/mol. The molecule has 51 valence electrons. The fourth-order valence-electron chi connectivity index (χ4n) is 0.553. The molecule has 1 radical (unpaired) electrons. The van der Waals surface area contributed by atoms with Crippen molar-refractivity contribution >= 4 is 0 Å². The number of hydrogen-bond acceptors (Lipinski definition) is 0. The SMILES string of the molecule is CCC#C[CH]CCCC. The largest absolute Gasteiger partial charge is 0.103 e. The molecule has 0 nitrogen and oxygen atoms in total. The summed E-state index contributed by atoms with van der Waals surface area (Å²) in [5.41, 5.74) is 0. The number of hydrogen-bond donors (Lipinski definition) is 0. The van der Waals surface area contributed by atoms with Crippen LogP contribution in [0, 0.1) is 18.3 Å².